The highest BCUT2D eigenvalue weighted by molar-refractivity contribution is 5.74. The van der Waals surface area contributed by atoms with Crippen molar-refractivity contribution in [2.24, 2.45) is 0 Å². The summed E-state index contributed by atoms with van der Waals surface area (Å²) < 4.78 is 9.59. The Morgan fingerprint density at radius 3 is 1.48 bits per heavy atom. The molecule has 0 unspecified atom stereocenters. The lowest BCUT2D eigenvalue weighted by atomic mass is 10.2. The van der Waals surface area contributed by atoms with Gasteiger partial charge in [-0.1, -0.05) is 0 Å². The van der Waals surface area contributed by atoms with Gasteiger partial charge >= 0.3 is 17.1 Å². The van der Waals surface area contributed by atoms with Gasteiger partial charge in [-0.2, -0.15) is 0 Å². The number of nitro groups is 3. The molecular formula is C10H11N3O10. The second kappa shape index (κ2) is 7.81. The molecule has 0 aliphatic heterocycles. The first-order chi connectivity index (χ1) is 10.8. The van der Waals surface area contributed by atoms with Crippen molar-refractivity contribution in [3.05, 3.63) is 36.4 Å². The molecule has 0 saturated heterocycles. The van der Waals surface area contributed by atoms with Crippen LogP contribution in [-0.2, 0) is 0 Å². The minimum Gasteiger partial charge on any atom is -0.479 e. The minimum absolute atomic E-state index is 0.451. The first-order valence-corrected chi connectivity index (χ1v) is 5.96. The maximum Gasteiger partial charge on any atom is 0.367 e. The SMILES string of the molecule is O=[N+]([O-])c1cc([N+](=O)[O-])c(OCCO)c([N+](=O)[O-])c1OCCO. The Balaban J connectivity index is 3.72. The summed E-state index contributed by atoms with van der Waals surface area (Å²) in [6.07, 6.45) is 0. The van der Waals surface area contributed by atoms with Crippen LogP contribution in [-0.4, -0.2) is 51.4 Å². The molecule has 1 aromatic rings. The summed E-state index contributed by atoms with van der Waals surface area (Å²) in [6, 6.07) is 0.451. The van der Waals surface area contributed by atoms with Gasteiger partial charge in [-0.05, 0) is 0 Å². The van der Waals surface area contributed by atoms with Crippen LogP contribution in [0, 0.1) is 30.3 Å². The molecule has 13 heteroatoms. The molecule has 0 fully saturated rings. The smallest absolute Gasteiger partial charge is 0.367 e. The van der Waals surface area contributed by atoms with Crippen molar-refractivity contribution in [2.45, 2.75) is 0 Å². The van der Waals surface area contributed by atoms with Crippen molar-refractivity contribution >= 4 is 17.1 Å². The van der Waals surface area contributed by atoms with Gasteiger partial charge in [-0.15, -0.1) is 0 Å². The summed E-state index contributed by atoms with van der Waals surface area (Å²) in [7, 11) is 0. The second-order valence-corrected chi connectivity index (χ2v) is 3.84. The average molecular weight is 333 g/mol. The van der Waals surface area contributed by atoms with Gasteiger partial charge in [0.1, 0.15) is 19.3 Å². The van der Waals surface area contributed by atoms with Crippen LogP contribution < -0.4 is 9.47 Å². The first kappa shape index (κ1) is 18.0. The largest absolute Gasteiger partial charge is 0.479 e. The van der Waals surface area contributed by atoms with E-state index in [-0.39, 0.29) is 0 Å². The highest BCUT2D eigenvalue weighted by Gasteiger charge is 2.39. The summed E-state index contributed by atoms with van der Waals surface area (Å²) in [4.78, 5) is 29.9. The molecule has 0 aromatic heterocycles. The molecule has 0 radical (unpaired) electrons. The van der Waals surface area contributed by atoms with Gasteiger partial charge in [0.15, 0.2) is 0 Å². The Labute approximate surface area is 127 Å². The van der Waals surface area contributed by atoms with E-state index in [0.717, 1.165) is 0 Å². The lowest BCUT2D eigenvalue weighted by Gasteiger charge is -2.10. The van der Waals surface area contributed by atoms with Crippen LogP contribution in [0.1, 0.15) is 0 Å². The average Bonchev–Trinajstić information content (AvgIpc) is 2.48. The molecule has 0 heterocycles. The van der Waals surface area contributed by atoms with E-state index in [9.17, 15) is 30.3 Å². The summed E-state index contributed by atoms with van der Waals surface area (Å²) in [5.74, 6) is -1.76. The Kier molecular flexibility index (Phi) is 6.11. The summed E-state index contributed by atoms with van der Waals surface area (Å²) in [5, 5.41) is 50.6. The van der Waals surface area contributed by atoms with Gasteiger partial charge in [0.05, 0.1) is 28.0 Å². The summed E-state index contributed by atoms with van der Waals surface area (Å²) in [6.45, 7) is -2.23. The van der Waals surface area contributed by atoms with E-state index in [1.54, 1.807) is 0 Å². The van der Waals surface area contributed by atoms with Crippen LogP contribution >= 0.6 is 0 Å². The van der Waals surface area contributed by atoms with E-state index in [1.807, 2.05) is 0 Å². The van der Waals surface area contributed by atoms with E-state index >= 15 is 0 Å². The van der Waals surface area contributed by atoms with Crippen LogP contribution in [0.15, 0.2) is 6.07 Å². The normalized spacial score (nSPS) is 10.2. The number of ether oxygens (including phenoxy) is 2. The molecule has 0 atom stereocenters. The molecule has 1 rings (SSSR count). The molecule has 1 aromatic carbocycles. The van der Waals surface area contributed by atoms with Crippen LogP contribution in [0.3, 0.4) is 0 Å². The fourth-order valence-corrected chi connectivity index (χ4v) is 1.62. The van der Waals surface area contributed by atoms with E-state index in [1.165, 1.54) is 0 Å². The lowest BCUT2D eigenvalue weighted by Crippen LogP contribution is -2.11. The third kappa shape index (κ3) is 3.98. The molecule has 0 aliphatic rings. The zero-order valence-electron chi connectivity index (χ0n) is 11.4. The number of aliphatic hydroxyl groups excluding tert-OH is 2. The zero-order chi connectivity index (χ0) is 17.6. The van der Waals surface area contributed by atoms with Crippen molar-refractivity contribution in [3.63, 3.8) is 0 Å². The number of nitro benzene ring substituents is 3. The number of hydrogen-bond donors (Lipinski definition) is 2. The fourth-order valence-electron chi connectivity index (χ4n) is 1.62. The minimum atomic E-state index is -1.14. The maximum atomic E-state index is 11.2. The molecule has 0 amide bonds. The van der Waals surface area contributed by atoms with Gasteiger partial charge in [0.2, 0.25) is 0 Å². The van der Waals surface area contributed by atoms with Gasteiger partial charge in [-0.25, -0.2) is 0 Å². The first-order valence-electron chi connectivity index (χ1n) is 5.96. The van der Waals surface area contributed by atoms with Gasteiger partial charge in [0.25, 0.3) is 11.5 Å². The van der Waals surface area contributed by atoms with Crippen LogP contribution in [0.5, 0.6) is 11.5 Å². The molecule has 126 valence electrons. The quantitative estimate of drug-likeness (QED) is 0.464. The Morgan fingerprint density at radius 1 is 0.826 bits per heavy atom. The van der Waals surface area contributed by atoms with Gasteiger partial charge in [-0.3, -0.25) is 30.3 Å². The molecule has 0 bridgehead atoms. The lowest BCUT2D eigenvalue weighted by molar-refractivity contribution is -0.405. The summed E-state index contributed by atoms with van der Waals surface area (Å²) in [5.41, 5.74) is -3.17. The van der Waals surface area contributed by atoms with Gasteiger partial charge in [0, 0.05) is 0 Å². The number of hydrogen-bond acceptors (Lipinski definition) is 10. The Hall–Kier alpha value is -3.06. The van der Waals surface area contributed by atoms with Crippen LogP contribution in [0.2, 0.25) is 0 Å². The number of aliphatic hydroxyl groups is 2. The predicted octanol–water partition coefficient (Wildman–Crippen LogP) is 0.153. The van der Waals surface area contributed by atoms with E-state index in [0.29, 0.717) is 6.07 Å². The maximum absolute atomic E-state index is 11.2. The third-order valence-electron chi connectivity index (χ3n) is 2.42. The molecule has 0 spiro atoms. The topological polar surface area (TPSA) is 188 Å². The van der Waals surface area contributed by atoms with Crippen LogP contribution in [0.25, 0.3) is 0 Å². The fraction of sp³-hybridized carbons (Fsp3) is 0.400. The number of nitrogens with zero attached hydrogens (tertiary/aromatic N) is 3. The molecular weight excluding hydrogens is 322 g/mol. The highest BCUT2D eigenvalue weighted by atomic mass is 16.6. The van der Waals surface area contributed by atoms with Crippen molar-refractivity contribution in [1.82, 2.24) is 0 Å². The van der Waals surface area contributed by atoms with Crippen molar-refractivity contribution < 1.29 is 34.5 Å². The summed E-state index contributed by atoms with van der Waals surface area (Å²) >= 11 is 0. The monoisotopic (exact) mass is 333 g/mol. The predicted molar refractivity (Wildman–Crippen MR) is 71.6 cm³/mol. The van der Waals surface area contributed by atoms with E-state index in [4.69, 9.17) is 19.7 Å². The van der Waals surface area contributed by atoms with Crippen molar-refractivity contribution in [2.75, 3.05) is 26.4 Å². The van der Waals surface area contributed by atoms with E-state index < -0.39 is 69.8 Å². The number of rotatable bonds is 9. The molecule has 2 N–H and O–H groups in total. The molecule has 13 nitrogen and oxygen atoms in total. The van der Waals surface area contributed by atoms with Crippen LogP contribution in [0.4, 0.5) is 17.1 Å². The van der Waals surface area contributed by atoms with Crippen molar-refractivity contribution in [1.29, 1.82) is 0 Å². The highest BCUT2D eigenvalue weighted by Crippen LogP contribution is 2.49. The second-order valence-electron chi connectivity index (χ2n) is 3.84. The molecule has 23 heavy (non-hydrogen) atoms. The Morgan fingerprint density at radius 2 is 1.22 bits per heavy atom. The standard InChI is InChI=1S/C10H11N3O10/c14-1-3-22-9-6(11(16)17)5-7(12(18)19)10(23-4-2-15)8(9)13(20)21/h5,14-15H,1-4H2. The zero-order valence-corrected chi connectivity index (χ0v) is 11.4. The van der Waals surface area contributed by atoms with Gasteiger partial charge < -0.3 is 19.7 Å². The number of benzene rings is 1. The van der Waals surface area contributed by atoms with Crippen molar-refractivity contribution in [3.8, 4) is 11.5 Å². The molecule has 0 saturated carbocycles. The molecule has 0 aliphatic carbocycles. The third-order valence-corrected chi connectivity index (χ3v) is 2.42. The van der Waals surface area contributed by atoms with E-state index in [2.05, 4.69) is 0 Å². The Bertz CT molecular complexity index is 588.